The molecular formula is C20H24BFN2O3. The molecule has 0 saturated carbocycles. The van der Waals surface area contributed by atoms with Crippen molar-refractivity contribution in [3.05, 3.63) is 53.8 Å². The molecule has 1 saturated heterocycles. The smallest absolute Gasteiger partial charge is 0.399 e. The molecule has 1 fully saturated rings. The zero-order chi connectivity index (χ0) is 20.0. The second-order valence-electron chi connectivity index (χ2n) is 7.81. The molecule has 142 valence electrons. The van der Waals surface area contributed by atoms with Gasteiger partial charge in [0.2, 0.25) is 0 Å². The third-order valence-electron chi connectivity index (χ3n) is 5.24. The van der Waals surface area contributed by atoms with Crippen molar-refractivity contribution < 1.29 is 18.5 Å². The Balaban J connectivity index is 1.92. The maximum Gasteiger partial charge on any atom is 0.494 e. The molecule has 2 aromatic rings. The third kappa shape index (κ3) is 3.57. The summed E-state index contributed by atoms with van der Waals surface area (Å²) in [6.07, 6.45) is 0. The van der Waals surface area contributed by atoms with E-state index in [9.17, 15) is 9.18 Å². The number of primary amides is 1. The summed E-state index contributed by atoms with van der Waals surface area (Å²) in [7, 11) is -0.512. The number of nitrogens with zero attached hydrogens (tertiary/aromatic N) is 1. The van der Waals surface area contributed by atoms with Gasteiger partial charge in [0.1, 0.15) is 5.82 Å². The highest BCUT2D eigenvalue weighted by molar-refractivity contribution is 6.62. The van der Waals surface area contributed by atoms with Gasteiger partial charge in [0.15, 0.2) is 0 Å². The van der Waals surface area contributed by atoms with E-state index >= 15 is 0 Å². The number of anilines is 2. The normalized spacial score (nSPS) is 17.8. The van der Waals surface area contributed by atoms with Crippen LogP contribution in [0.15, 0.2) is 42.5 Å². The first-order valence-electron chi connectivity index (χ1n) is 8.83. The van der Waals surface area contributed by atoms with Crippen LogP contribution in [0.1, 0.15) is 33.3 Å². The van der Waals surface area contributed by atoms with Crippen LogP contribution in [0.3, 0.4) is 0 Å². The lowest BCUT2D eigenvalue weighted by atomic mass is 9.79. The Bertz CT molecular complexity index is 852. The van der Waals surface area contributed by atoms with Crippen LogP contribution in [0.2, 0.25) is 0 Å². The highest BCUT2D eigenvalue weighted by Crippen LogP contribution is 2.36. The first-order chi connectivity index (χ1) is 12.5. The summed E-state index contributed by atoms with van der Waals surface area (Å²) in [5.74, 6) is -0.519. The van der Waals surface area contributed by atoms with Crippen LogP contribution in [-0.2, 0) is 9.31 Å². The second-order valence-corrected chi connectivity index (χ2v) is 7.81. The Morgan fingerprint density at radius 2 is 1.59 bits per heavy atom. The molecule has 0 atom stereocenters. The van der Waals surface area contributed by atoms with Crippen LogP contribution in [0.4, 0.5) is 20.6 Å². The van der Waals surface area contributed by atoms with E-state index in [1.54, 1.807) is 36.4 Å². The number of nitrogens with two attached hydrogens (primary N) is 1. The van der Waals surface area contributed by atoms with E-state index in [4.69, 9.17) is 15.0 Å². The van der Waals surface area contributed by atoms with Crippen molar-refractivity contribution in [1.82, 2.24) is 0 Å². The van der Waals surface area contributed by atoms with Gasteiger partial charge in [0, 0.05) is 0 Å². The highest BCUT2D eigenvalue weighted by Gasteiger charge is 2.51. The van der Waals surface area contributed by atoms with Crippen molar-refractivity contribution in [3.8, 4) is 0 Å². The topological polar surface area (TPSA) is 64.8 Å². The van der Waals surface area contributed by atoms with Crippen molar-refractivity contribution in [1.29, 1.82) is 0 Å². The molecule has 1 heterocycles. The van der Waals surface area contributed by atoms with Crippen molar-refractivity contribution >= 4 is 30.0 Å². The number of hydrogen-bond acceptors (Lipinski definition) is 3. The van der Waals surface area contributed by atoms with Crippen molar-refractivity contribution in [3.63, 3.8) is 0 Å². The van der Waals surface area contributed by atoms with Gasteiger partial charge in [-0.25, -0.2) is 9.18 Å². The number of carbonyl (C=O) groups is 1. The quantitative estimate of drug-likeness (QED) is 0.839. The standard InChI is InChI=1S/C20H24BFN2O3/c1-13-6-11-16(22)17(12-13)24(18(23)25)15-9-7-14(8-10-15)21-26-19(2,3)20(4,5)27-21/h6-12H,1-5H3,(H2,23,25). The molecule has 0 aromatic heterocycles. The summed E-state index contributed by atoms with van der Waals surface area (Å²) in [5.41, 5.74) is 6.85. The summed E-state index contributed by atoms with van der Waals surface area (Å²) in [6, 6.07) is 10.8. The largest absolute Gasteiger partial charge is 0.494 e. The monoisotopic (exact) mass is 370 g/mol. The van der Waals surface area contributed by atoms with Gasteiger partial charge in [-0.05, 0) is 69.9 Å². The van der Waals surface area contributed by atoms with Crippen LogP contribution < -0.4 is 16.1 Å². The number of benzene rings is 2. The molecule has 2 N–H and O–H groups in total. The van der Waals surface area contributed by atoms with E-state index in [0.717, 1.165) is 15.9 Å². The number of hydrogen-bond donors (Lipinski definition) is 1. The third-order valence-corrected chi connectivity index (χ3v) is 5.24. The fraction of sp³-hybridized carbons (Fsp3) is 0.350. The highest BCUT2D eigenvalue weighted by atomic mass is 19.1. The van der Waals surface area contributed by atoms with E-state index in [1.165, 1.54) is 6.07 Å². The number of carbonyl (C=O) groups excluding carboxylic acids is 1. The minimum Gasteiger partial charge on any atom is -0.399 e. The van der Waals surface area contributed by atoms with Crippen LogP contribution in [0.5, 0.6) is 0 Å². The molecule has 1 aliphatic rings. The fourth-order valence-corrected chi connectivity index (χ4v) is 2.94. The number of urea groups is 1. The van der Waals surface area contributed by atoms with Gasteiger partial charge in [-0.2, -0.15) is 0 Å². The maximum absolute atomic E-state index is 14.3. The Hall–Kier alpha value is -2.38. The summed E-state index contributed by atoms with van der Waals surface area (Å²) >= 11 is 0. The summed E-state index contributed by atoms with van der Waals surface area (Å²) in [5, 5.41) is 0. The molecule has 1 aliphatic heterocycles. The Morgan fingerprint density at radius 3 is 2.11 bits per heavy atom. The van der Waals surface area contributed by atoms with E-state index in [2.05, 4.69) is 0 Å². The van der Waals surface area contributed by atoms with E-state index < -0.39 is 30.2 Å². The average molecular weight is 370 g/mol. The Morgan fingerprint density at radius 1 is 1.04 bits per heavy atom. The van der Waals surface area contributed by atoms with E-state index in [-0.39, 0.29) is 5.69 Å². The number of halogens is 1. The van der Waals surface area contributed by atoms with Crippen molar-refractivity contribution in [2.45, 2.75) is 45.8 Å². The van der Waals surface area contributed by atoms with Crippen molar-refractivity contribution in [2.24, 2.45) is 5.73 Å². The van der Waals surface area contributed by atoms with E-state index in [1.807, 2.05) is 34.6 Å². The molecule has 7 heteroatoms. The number of rotatable bonds is 3. The zero-order valence-corrected chi connectivity index (χ0v) is 16.2. The molecule has 0 unspecified atom stereocenters. The molecular weight excluding hydrogens is 346 g/mol. The van der Waals surface area contributed by atoms with Crippen LogP contribution in [-0.4, -0.2) is 24.4 Å². The minimum atomic E-state index is -0.761. The Kier molecular flexibility index (Phi) is 4.78. The first kappa shape index (κ1) is 19.4. The van der Waals surface area contributed by atoms with Gasteiger partial charge in [0.25, 0.3) is 0 Å². The Labute approximate surface area is 159 Å². The maximum atomic E-state index is 14.3. The predicted molar refractivity (Wildman–Crippen MR) is 105 cm³/mol. The summed E-state index contributed by atoms with van der Waals surface area (Å²) < 4.78 is 26.3. The molecule has 0 radical (unpaired) electrons. The molecule has 27 heavy (non-hydrogen) atoms. The molecule has 0 aliphatic carbocycles. The average Bonchev–Trinajstić information content (AvgIpc) is 2.79. The van der Waals surface area contributed by atoms with Gasteiger partial charge in [0.05, 0.1) is 22.6 Å². The van der Waals surface area contributed by atoms with Gasteiger partial charge in [-0.1, -0.05) is 18.2 Å². The van der Waals surface area contributed by atoms with Crippen LogP contribution in [0.25, 0.3) is 0 Å². The SMILES string of the molecule is Cc1ccc(F)c(N(C(N)=O)c2ccc(B3OC(C)(C)C(C)(C)O3)cc2)c1. The van der Waals surface area contributed by atoms with Gasteiger partial charge >= 0.3 is 13.1 Å². The summed E-state index contributed by atoms with van der Waals surface area (Å²) in [4.78, 5) is 13.2. The van der Waals surface area contributed by atoms with Gasteiger partial charge in [-0.3, -0.25) is 4.90 Å². The molecule has 2 amide bonds. The lowest BCUT2D eigenvalue weighted by molar-refractivity contribution is 0.00578. The predicted octanol–water partition coefficient (Wildman–Crippen LogP) is 3.65. The van der Waals surface area contributed by atoms with Gasteiger partial charge in [-0.15, -0.1) is 0 Å². The van der Waals surface area contributed by atoms with E-state index in [0.29, 0.717) is 5.69 Å². The van der Waals surface area contributed by atoms with Crippen LogP contribution in [0, 0.1) is 12.7 Å². The number of aryl methyl sites for hydroxylation is 1. The summed E-state index contributed by atoms with van der Waals surface area (Å²) in [6.45, 7) is 9.75. The molecule has 0 spiro atoms. The fourth-order valence-electron chi connectivity index (χ4n) is 2.94. The molecule has 2 aromatic carbocycles. The lowest BCUT2D eigenvalue weighted by Gasteiger charge is -2.32. The minimum absolute atomic E-state index is 0.117. The number of amides is 2. The second kappa shape index (κ2) is 6.66. The molecule has 3 rings (SSSR count). The molecule has 0 bridgehead atoms. The van der Waals surface area contributed by atoms with Crippen LogP contribution >= 0.6 is 0 Å². The van der Waals surface area contributed by atoms with Gasteiger partial charge < -0.3 is 15.0 Å². The zero-order valence-electron chi connectivity index (χ0n) is 16.2. The first-order valence-corrected chi connectivity index (χ1v) is 8.83. The molecule has 5 nitrogen and oxygen atoms in total. The lowest BCUT2D eigenvalue weighted by Crippen LogP contribution is -2.41. The van der Waals surface area contributed by atoms with Crippen molar-refractivity contribution in [2.75, 3.05) is 4.90 Å².